The van der Waals surface area contributed by atoms with Crippen LogP contribution in [0.5, 0.6) is 0 Å². The van der Waals surface area contributed by atoms with Gasteiger partial charge in [0, 0.05) is 13.0 Å². The number of carbonyl (C=O) groups is 1. The molecule has 2 heterocycles. The van der Waals surface area contributed by atoms with Gasteiger partial charge in [-0.25, -0.2) is 4.39 Å². The average Bonchev–Trinajstić information content (AvgIpc) is 3.11. The second-order valence-electron chi connectivity index (χ2n) is 5.11. The van der Waals surface area contributed by atoms with E-state index in [2.05, 4.69) is 20.8 Å². The lowest BCUT2D eigenvalue weighted by molar-refractivity contribution is -0.117. The third kappa shape index (κ3) is 3.46. The zero-order chi connectivity index (χ0) is 15.5. The molecule has 0 aliphatic carbocycles. The van der Waals surface area contributed by atoms with Crippen molar-refractivity contribution in [3.8, 4) is 0 Å². The lowest BCUT2D eigenvalue weighted by Crippen LogP contribution is -2.35. The second kappa shape index (κ2) is 6.47. The van der Waals surface area contributed by atoms with Crippen LogP contribution in [0.3, 0.4) is 0 Å². The number of aliphatic hydroxyl groups excluding tert-OH is 1. The molecule has 0 bridgehead atoms. The highest BCUT2D eigenvalue weighted by Gasteiger charge is 2.28. The van der Waals surface area contributed by atoms with Gasteiger partial charge in [-0.2, -0.15) is 0 Å². The first-order valence-corrected chi connectivity index (χ1v) is 7.71. The van der Waals surface area contributed by atoms with Crippen LogP contribution in [0.4, 0.5) is 9.52 Å². The Bertz CT molecular complexity index is 678. The van der Waals surface area contributed by atoms with Crippen molar-refractivity contribution < 1.29 is 14.3 Å². The molecule has 1 saturated heterocycles. The molecule has 1 fully saturated rings. The number of carbonyl (C=O) groups excluding carboxylic acids is 1. The van der Waals surface area contributed by atoms with Crippen LogP contribution in [0.1, 0.15) is 17.0 Å². The fraction of sp³-hybridized carbons (Fsp3) is 0.357. The normalized spacial score (nSPS) is 21.0. The Morgan fingerprint density at radius 3 is 3.00 bits per heavy atom. The summed E-state index contributed by atoms with van der Waals surface area (Å²) in [6.07, 6.45) is 0.217. The molecular formula is C14H15FN4O2S. The number of nitrogens with one attached hydrogen (secondary N) is 2. The summed E-state index contributed by atoms with van der Waals surface area (Å²) in [6, 6.07) is 6.07. The van der Waals surface area contributed by atoms with E-state index < -0.39 is 12.1 Å². The van der Waals surface area contributed by atoms with E-state index in [1.165, 1.54) is 17.4 Å². The van der Waals surface area contributed by atoms with Gasteiger partial charge in [-0.05, 0) is 18.1 Å². The van der Waals surface area contributed by atoms with Crippen molar-refractivity contribution in [1.82, 2.24) is 15.5 Å². The lowest BCUT2D eigenvalue weighted by Gasteiger charge is -2.07. The number of β-amino-alcohol motifs (C(OH)–C–C–N with tert-alkyl or cyclic N) is 1. The predicted octanol–water partition coefficient (Wildman–Crippen LogP) is 0.929. The largest absolute Gasteiger partial charge is 0.392 e. The molecule has 2 aromatic rings. The van der Waals surface area contributed by atoms with E-state index >= 15 is 0 Å². The number of rotatable bonds is 4. The van der Waals surface area contributed by atoms with Gasteiger partial charge in [0.2, 0.25) is 11.0 Å². The van der Waals surface area contributed by atoms with Gasteiger partial charge >= 0.3 is 0 Å². The van der Waals surface area contributed by atoms with Crippen molar-refractivity contribution in [2.24, 2.45) is 0 Å². The minimum atomic E-state index is -0.498. The standard InChI is InChI=1S/C14H15FN4O2S/c15-10-4-2-1-3-8(10)5-12-18-19-14(22-12)17-13(21)11-6-9(20)7-16-11/h1-4,9,11,16,20H,5-7H2,(H,17,19,21). The molecule has 22 heavy (non-hydrogen) atoms. The number of nitrogens with zero attached hydrogens (tertiary/aromatic N) is 2. The first-order valence-electron chi connectivity index (χ1n) is 6.90. The van der Waals surface area contributed by atoms with E-state index in [0.717, 1.165) is 0 Å². The van der Waals surface area contributed by atoms with E-state index in [9.17, 15) is 14.3 Å². The zero-order valence-electron chi connectivity index (χ0n) is 11.6. The Hall–Kier alpha value is -1.90. The summed E-state index contributed by atoms with van der Waals surface area (Å²) in [5.41, 5.74) is 0.539. The second-order valence-corrected chi connectivity index (χ2v) is 6.17. The first-order chi connectivity index (χ1) is 10.6. The summed E-state index contributed by atoms with van der Waals surface area (Å²) < 4.78 is 13.6. The minimum absolute atomic E-state index is 0.245. The smallest absolute Gasteiger partial charge is 0.243 e. The molecule has 116 valence electrons. The van der Waals surface area contributed by atoms with E-state index in [0.29, 0.717) is 35.1 Å². The number of benzene rings is 1. The van der Waals surface area contributed by atoms with E-state index in [1.807, 2.05) is 0 Å². The van der Waals surface area contributed by atoms with Gasteiger partial charge < -0.3 is 10.4 Å². The van der Waals surface area contributed by atoms with Crippen LogP contribution in [0.15, 0.2) is 24.3 Å². The Morgan fingerprint density at radius 1 is 1.45 bits per heavy atom. The Morgan fingerprint density at radius 2 is 2.27 bits per heavy atom. The highest BCUT2D eigenvalue weighted by Crippen LogP contribution is 2.20. The van der Waals surface area contributed by atoms with Crippen LogP contribution in [0, 0.1) is 5.82 Å². The van der Waals surface area contributed by atoms with Crippen molar-refractivity contribution in [1.29, 1.82) is 0 Å². The van der Waals surface area contributed by atoms with Gasteiger partial charge in [0.15, 0.2) is 0 Å². The molecular weight excluding hydrogens is 307 g/mol. The summed E-state index contributed by atoms with van der Waals surface area (Å²) in [7, 11) is 0. The van der Waals surface area contributed by atoms with Crippen molar-refractivity contribution in [2.45, 2.75) is 25.0 Å². The highest BCUT2D eigenvalue weighted by atomic mass is 32.1. The Labute approximate surface area is 130 Å². The number of hydrogen-bond acceptors (Lipinski definition) is 6. The molecule has 3 rings (SSSR count). The third-order valence-electron chi connectivity index (χ3n) is 3.42. The van der Waals surface area contributed by atoms with Gasteiger partial charge in [-0.1, -0.05) is 29.5 Å². The summed E-state index contributed by atoms with van der Waals surface area (Å²) in [4.78, 5) is 12.0. The number of aliphatic hydroxyl groups is 1. The molecule has 0 saturated carbocycles. The molecule has 1 amide bonds. The van der Waals surface area contributed by atoms with E-state index in [-0.39, 0.29) is 11.7 Å². The van der Waals surface area contributed by atoms with Crippen LogP contribution >= 0.6 is 11.3 Å². The fourth-order valence-corrected chi connectivity index (χ4v) is 3.06. The number of hydrogen-bond donors (Lipinski definition) is 3. The van der Waals surface area contributed by atoms with E-state index in [4.69, 9.17) is 0 Å². The quantitative estimate of drug-likeness (QED) is 0.779. The molecule has 6 nitrogen and oxygen atoms in total. The lowest BCUT2D eigenvalue weighted by atomic mass is 10.1. The van der Waals surface area contributed by atoms with Crippen LogP contribution in [-0.2, 0) is 11.2 Å². The van der Waals surface area contributed by atoms with Crippen LogP contribution in [0.2, 0.25) is 0 Å². The molecule has 3 N–H and O–H groups in total. The maximum atomic E-state index is 13.6. The van der Waals surface area contributed by atoms with Crippen LogP contribution in [-0.4, -0.2) is 39.9 Å². The molecule has 0 spiro atoms. The minimum Gasteiger partial charge on any atom is -0.392 e. The van der Waals surface area contributed by atoms with Crippen molar-refractivity contribution in [3.05, 3.63) is 40.7 Å². The first kappa shape index (κ1) is 15.0. The predicted molar refractivity (Wildman–Crippen MR) is 80.2 cm³/mol. The zero-order valence-corrected chi connectivity index (χ0v) is 12.4. The molecule has 1 aliphatic heterocycles. The van der Waals surface area contributed by atoms with Gasteiger partial charge in [0.25, 0.3) is 0 Å². The summed E-state index contributed by atoms with van der Waals surface area (Å²) in [5.74, 6) is -0.530. The van der Waals surface area contributed by atoms with Crippen molar-refractivity contribution in [2.75, 3.05) is 11.9 Å². The summed E-state index contributed by atoms with van der Waals surface area (Å²) >= 11 is 1.21. The van der Waals surface area contributed by atoms with Gasteiger partial charge in [0.05, 0.1) is 12.1 Å². The molecule has 0 radical (unpaired) electrons. The highest BCUT2D eigenvalue weighted by molar-refractivity contribution is 7.15. The SMILES string of the molecule is O=C(Nc1nnc(Cc2ccccc2F)s1)C1CC(O)CN1. The Balaban J connectivity index is 1.62. The summed E-state index contributed by atoms with van der Waals surface area (Å²) in [6.45, 7) is 0.409. The molecule has 2 atom stereocenters. The van der Waals surface area contributed by atoms with Crippen LogP contribution in [0.25, 0.3) is 0 Å². The molecule has 2 unspecified atom stereocenters. The number of aromatic nitrogens is 2. The molecule has 1 aliphatic rings. The molecule has 1 aromatic carbocycles. The van der Waals surface area contributed by atoms with Gasteiger partial charge in [0.1, 0.15) is 10.8 Å². The van der Waals surface area contributed by atoms with E-state index in [1.54, 1.807) is 18.2 Å². The molecule has 8 heteroatoms. The van der Waals surface area contributed by atoms with Crippen LogP contribution < -0.4 is 10.6 Å². The fourth-order valence-electron chi connectivity index (χ4n) is 2.29. The third-order valence-corrected chi connectivity index (χ3v) is 4.26. The van der Waals surface area contributed by atoms with Crippen molar-refractivity contribution in [3.63, 3.8) is 0 Å². The number of anilines is 1. The number of amides is 1. The maximum absolute atomic E-state index is 13.6. The van der Waals surface area contributed by atoms with Gasteiger partial charge in [-0.3, -0.25) is 10.1 Å². The topological polar surface area (TPSA) is 87.1 Å². The average molecular weight is 322 g/mol. The summed E-state index contributed by atoms with van der Waals surface area (Å²) in [5, 5.41) is 23.9. The Kier molecular flexibility index (Phi) is 4.41. The van der Waals surface area contributed by atoms with Gasteiger partial charge in [-0.15, -0.1) is 10.2 Å². The molecule has 1 aromatic heterocycles. The maximum Gasteiger partial charge on any atom is 0.243 e. The monoisotopic (exact) mass is 322 g/mol. The van der Waals surface area contributed by atoms with Crippen molar-refractivity contribution >= 4 is 22.4 Å². The number of halogens is 1.